The highest BCUT2D eigenvalue weighted by Gasteiger charge is 2.30. The molecular formula is C16H22ClN3O3. The van der Waals surface area contributed by atoms with Crippen molar-refractivity contribution in [2.75, 3.05) is 19.6 Å². The van der Waals surface area contributed by atoms with E-state index in [1.807, 2.05) is 4.90 Å². The number of likely N-dealkylation sites (tertiary alicyclic amines) is 1. The molecule has 6 nitrogen and oxygen atoms in total. The number of non-ortho nitro benzene ring substituents is 1. The fourth-order valence-corrected chi connectivity index (χ4v) is 3.55. The Kier molecular flexibility index (Phi) is 5.96. The molecule has 0 aliphatic carbocycles. The number of nitrogens with zero attached hydrogens (tertiary/aromatic N) is 2. The van der Waals surface area contributed by atoms with Crippen molar-refractivity contribution >= 4 is 24.0 Å². The molecule has 0 saturated carbocycles. The molecule has 0 spiro atoms. The lowest BCUT2D eigenvalue weighted by Gasteiger charge is -2.35. The average molecular weight is 340 g/mol. The van der Waals surface area contributed by atoms with Crippen LogP contribution in [0.1, 0.15) is 36.0 Å². The fraction of sp³-hybridized carbons (Fsp3) is 0.562. The first-order valence-electron chi connectivity index (χ1n) is 7.92. The fourth-order valence-electron chi connectivity index (χ4n) is 3.55. The predicted molar refractivity (Wildman–Crippen MR) is 90.0 cm³/mol. The van der Waals surface area contributed by atoms with E-state index in [9.17, 15) is 14.9 Å². The SMILES string of the molecule is Cl.O=C(c1cccc([N+](=O)[O-])c1)N1CCC(C2CCCN2)CC1. The van der Waals surface area contributed by atoms with E-state index in [4.69, 9.17) is 0 Å². The molecular weight excluding hydrogens is 318 g/mol. The number of nitrogens with one attached hydrogen (secondary N) is 1. The first-order chi connectivity index (χ1) is 10.6. The highest BCUT2D eigenvalue weighted by atomic mass is 35.5. The van der Waals surface area contributed by atoms with E-state index in [-0.39, 0.29) is 24.0 Å². The van der Waals surface area contributed by atoms with Crippen molar-refractivity contribution in [3.8, 4) is 0 Å². The van der Waals surface area contributed by atoms with Crippen molar-refractivity contribution in [3.63, 3.8) is 0 Å². The Balaban J connectivity index is 0.00000192. The summed E-state index contributed by atoms with van der Waals surface area (Å²) in [7, 11) is 0. The Morgan fingerprint density at radius 1 is 1.26 bits per heavy atom. The molecule has 1 aromatic rings. The zero-order valence-corrected chi connectivity index (χ0v) is 13.8. The second kappa shape index (κ2) is 7.75. The van der Waals surface area contributed by atoms with Gasteiger partial charge in [0.15, 0.2) is 0 Å². The number of benzene rings is 1. The Labute approximate surface area is 141 Å². The van der Waals surface area contributed by atoms with Gasteiger partial charge in [-0.1, -0.05) is 6.07 Å². The van der Waals surface area contributed by atoms with Crippen LogP contribution in [0.4, 0.5) is 5.69 Å². The number of rotatable bonds is 3. The van der Waals surface area contributed by atoms with Crippen molar-refractivity contribution in [3.05, 3.63) is 39.9 Å². The first-order valence-corrected chi connectivity index (χ1v) is 7.92. The summed E-state index contributed by atoms with van der Waals surface area (Å²) in [5.74, 6) is 0.554. The Bertz CT molecular complexity index is 567. The van der Waals surface area contributed by atoms with Gasteiger partial charge in [-0.3, -0.25) is 14.9 Å². The Morgan fingerprint density at radius 2 is 2.00 bits per heavy atom. The molecule has 126 valence electrons. The lowest BCUT2D eigenvalue weighted by atomic mass is 9.88. The lowest BCUT2D eigenvalue weighted by Crippen LogP contribution is -2.43. The van der Waals surface area contributed by atoms with Gasteiger partial charge in [0.05, 0.1) is 4.92 Å². The molecule has 3 rings (SSSR count). The van der Waals surface area contributed by atoms with Gasteiger partial charge in [0.1, 0.15) is 0 Å². The van der Waals surface area contributed by atoms with Crippen molar-refractivity contribution in [1.82, 2.24) is 10.2 Å². The molecule has 0 radical (unpaired) electrons. The number of carbonyl (C=O) groups excluding carboxylic acids is 1. The van der Waals surface area contributed by atoms with Crippen LogP contribution in [0.5, 0.6) is 0 Å². The third-order valence-corrected chi connectivity index (χ3v) is 4.80. The van der Waals surface area contributed by atoms with Crippen molar-refractivity contribution in [1.29, 1.82) is 0 Å². The van der Waals surface area contributed by atoms with E-state index in [0.717, 1.165) is 32.5 Å². The molecule has 2 heterocycles. The summed E-state index contributed by atoms with van der Waals surface area (Å²) in [6.07, 6.45) is 4.51. The summed E-state index contributed by atoms with van der Waals surface area (Å²) in [4.78, 5) is 24.7. The quantitative estimate of drug-likeness (QED) is 0.678. The molecule has 1 N–H and O–H groups in total. The summed E-state index contributed by atoms with van der Waals surface area (Å²) < 4.78 is 0. The second-order valence-corrected chi connectivity index (χ2v) is 6.14. The van der Waals surface area contributed by atoms with Crippen LogP contribution >= 0.6 is 12.4 Å². The number of carbonyl (C=O) groups is 1. The van der Waals surface area contributed by atoms with Gasteiger partial charge in [0.2, 0.25) is 0 Å². The minimum absolute atomic E-state index is 0. The van der Waals surface area contributed by atoms with Gasteiger partial charge in [-0.25, -0.2) is 0 Å². The lowest BCUT2D eigenvalue weighted by molar-refractivity contribution is -0.384. The van der Waals surface area contributed by atoms with Crippen LogP contribution in [0.25, 0.3) is 0 Å². The molecule has 2 fully saturated rings. The van der Waals surface area contributed by atoms with Crippen LogP contribution in [-0.4, -0.2) is 41.4 Å². The number of nitro groups is 1. The summed E-state index contributed by atoms with van der Waals surface area (Å²) in [5, 5.41) is 14.4. The molecule has 1 atom stereocenters. The molecule has 2 aliphatic rings. The van der Waals surface area contributed by atoms with Gasteiger partial charge in [-0.05, 0) is 44.2 Å². The van der Waals surface area contributed by atoms with Crippen molar-refractivity contribution in [2.45, 2.75) is 31.7 Å². The number of nitro benzene ring substituents is 1. The summed E-state index contributed by atoms with van der Waals surface area (Å²) in [6.45, 7) is 2.59. The molecule has 7 heteroatoms. The van der Waals surface area contributed by atoms with E-state index in [0.29, 0.717) is 17.5 Å². The Morgan fingerprint density at radius 3 is 2.61 bits per heavy atom. The molecule has 1 aromatic carbocycles. The van der Waals surface area contributed by atoms with E-state index < -0.39 is 4.92 Å². The van der Waals surface area contributed by atoms with E-state index >= 15 is 0 Å². The summed E-state index contributed by atoms with van der Waals surface area (Å²) >= 11 is 0. The molecule has 2 aliphatic heterocycles. The van der Waals surface area contributed by atoms with E-state index in [1.165, 1.54) is 25.0 Å². The van der Waals surface area contributed by atoms with Gasteiger partial charge in [0, 0.05) is 36.8 Å². The maximum absolute atomic E-state index is 12.5. The van der Waals surface area contributed by atoms with Gasteiger partial charge in [0.25, 0.3) is 11.6 Å². The number of amides is 1. The topological polar surface area (TPSA) is 75.5 Å². The second-order valence-electron chi connectivity index (χ2n) is 6.14. The summed E-state index contributed by atoms with van der Waals surface area (Å²) in [5.41, 5.74) is 0.377. The van der Waals surface area contributed by atoms with Crippen molar-refractivity contribution < 1.29 is 9.72 Å². The van der Waals surface area contributed by atoms with Gasteiger partial charge < -0.3 is 10.2 Å². The average Bonchev–Trinajstić information content (AvgIpc) is 3.09. The standard InChI is InChI=1S/C16H21N3O3.ClH/c20-16(13-3-1-4-14(11-13)19(21)22)18-9-6-12(7-10-18)15-5-2-8-17-15;/h1,3-4,11-12,15,17H,2,5-10H2;1H. The van der Waals surface area contributed by atoms with Gasteiger partial charge in [-0.15, -0.1) is 12.4 Å². The molecule has 1 unspecified atom stereocenters. The maximum atomic E-state index is 12.5. The molecule has 23 heavy (non-hydrogen) atoms. The third-order valence-electron chi connectivity index (χ3n) is 4.80. The maximum Gasteiger partial charge on any atom is 0.270 e. The highest BCUT2D eigenvalue weighted by Crippen LogP contribution is 2.26. The van der Waals surface area contributed by atoms with Crippen LogP contribution in [0.15, 0.2) is 24.3 Å². The zero-order chi connectivity index (χ0) is 15.5. The molecule has 2 saturated heterocycles. The van der Waals surface area contributed by atoms with E-state index in [1.54, 1.807) is 12.1 Å². The number of piperidine rings is 1. The first kappa shape index (κ1) is 17.7. The third kappa shape index (κ3) is 4.00. The van der Waals surface area contributed by atoms with Crippen LogP contribution < -0.4 is 5.32 Å². The van der Waals surface area contributed by atoms with Crippen LogP contribution in [0.2, 0.25) is 0 Å². The molecule has 1 amide bonds. The van der Waals surface area contributed by atoms with Gasteiger partial charge >= 0.3 is 0 Å². The van der Waals surface area contributed by atoms with Crippen LogP contribution in [0, 0.1) is 16.0 Å². The normalized spacial score (nSPS) is 21.7. The zero-order valence-electron chi connectivity index (χ0n) is 12.9. The van der Waals surface area contributed by atoms with E-state index in [2.05, 4.69) is 5.32 Å². The van der Waals surface area contributed by atoms with Crippen LogP contribution in [0.3, 0.4) is 0 Å². The number of hydrogen-bond donors (Lipinski definition) is 1. The predicted octanol–water partition coefficient (Wildman–Crippen LogP) is 2.62. The Hall–Kier alpha value is -1.66. The largest absolute Gasteiger partial charge is 0.339 e. The minimum atomic E-state index is -0.464. The highest BCUT2D eigenvalue weighted by molar-refractivity contribution is 5.94. The van der Waals surface area contributed by atoms with Gasteiger partial charge in [-0.2, -0.15) is 0 Å². The molecule has 0 aromatic heterocycles. The van der Waals surface area contributed by atoms with Crippen molar-refractivity contribution in [2.24, 2.45) is 5.92 Å². The molecule has 0 bridgehead atoms. The monoisotopic (exact) mass is 339 g/mol. The number of halogens is 1. The van der Waals surface area contributed by atoms with Crippen LogP contribution in [-0.2, 0) is 0 Å². The minimum Gasteiger partial charge on any atom is -0.339 e. The summed E-state index contributed by atoms with van der Waals surface area (Å²) in [6, 6.07) is 6.61. The smallest absolute Gasteiger partial charge is 0.270 e. The number of hydrogen-bond acceptors (Lipinski definition) is 4.